The molecular formula is C12H11FN2O. The van der Waals surface area contributed by atoms with Crippen LogP contribution >= 0.6 is 0 Å². The van der Waals surface area contributed by atoms with Gasteiger partial charge in [0.15, 0.2) is 0 Å². The quantitative estimate of drug-likeness (QED) is 0.838. The summed E-state index contributed by atoms with van der Waals surface area (Å²) in [7, 11) is 0. The predicted molar refractivity (Wildman–Crippen MR) is 57.2 cm³/mol. The predicted octanol–water partition coefficient (Wildman–Crippen LogP) is 2.01. The monoisotopic (exact) mass is 218 g/mol. The zero-order chi connectivity index (χ0) is 11.5. The van der Waals surface area contributed by atoms with Crippen LogP contribution in [0.4, 0.5) is 4.39 Å². The summed E-state index contributed by atoms with van der Waals surface area (Å²) in [6.07, 6.45) is 1.97. The number of rotatable bonds is 2. The average Bonchev–Trinajstić information content (AvgIpc) is 2.33. The summed E-state index contributed by atoms with van der Waals surface area (Å²) in [5.74, 6) is -0.328. The largest absolute Gasteiger partial charge is 0.382 e. The minimum atomic E-state index is -0.918. The molecule has 16 heavy (non-hydrogen) atoms. The zero-order valence-electron chi connectivity index (χ0n) is 8.76. The lowest BCUT2D eigenvalue weighted by atomic mass is 10.0. The number of aliphatic hydroxyl groups excluding tert-OH is 1. The van der Waals surface area contributed by atoms with Crippen molar-refractivity contribution in [3.8, 4) is 0 Å². The maximum atomic E-state index is 13.3. The third kappa shape index (κ3) is 2.06. The molecule has 0 saturated heterocycles. The van der Waals surface area contributed by atoms with Gasteiger partial charge >= 0.3 is 0 Å². The van der Waals surface area contributed by atoms with Crippen molar-refractivity contribution in [3.05, 3.63) is 59.4 Å². The summed E-state index contributed by atoms with van der Waals surface area (Å²) in [6.45, 7) is 1.68. The molecule has 0 aliphatic carbocycles. The highest BCUT2D eigenvalue weighted by Crippen LogP contribution is 2.21. The van der Waals surface area contributed by atoms with E-state index in [2.05, 4.69) is 9.97 Å². The molecule has 1 N–H and O–H groups in total. The zero-order valence-corrected chi connectivity index (χ0v) is 8.76. The molecule has 0 aliphatic rings. The van der Waals surface area contributed by atoms with Crippen LogP contribution in [0.2, 0.25) is 0 Å². The normalized spacial score (nSPS) is 12.4. The maximum Gasteiger partial charge on any atom is 0.126 e. The van der Waals surface area contributed by atoms with Gasteiger partial charge in [-0.2, -0.15) is 0 Å². The smallest absolute Gasteiger partial charge is 0.126 e. The fourth-order valence-electron chi connectivity index (χ4n) is 1.41. The Morgan fingerprint density at radius 2 is 2.12 bits per heavy atom. The van der Waals surface area contributed by atoms with E-state index < -0.39 is 6.10 Å². The molecule has 82 valence electrons. The maximum absolute atomic E-state index is 13.3. The summed E-state index contributed by atoms with van der Waals surface area (Å²) in [5, 5.41) is 9.95. The first kappa shape index (κ1) is 10.7. The molecule has 3 nitrogen and oxygen atoms in total. The lowest BCUT2D eigenvalue weighted by Crippen LogP contribution is -2.03. The van der Waals surface area contributed by atoms with Crippen LogP contribution in [0.1, 0.15) is 22.9 Å². The molecule has 0 bridgehead atoms. The second kappa shape index (κ2) is 4.37. The molecule has 1 atom stereocenters. The number of aryl methyl sites for hydroxylation is 1. The van der Waals surface area contributed by atoms with Crippen molar-refractivity contribution >= 4 is 0 Å². The van der Waals surface area contributed by atoms with E-state index >= 15 is 0 Å². The van der Waals surface area contributed by atoms with Crippen LogP contribution in [0, 0.1) is 12.7 Å². The van der Waals surface area contributed by atoms with Crippen LogP contribution in [-0.2, 0) is 0 Å². The van der Waals surface area contributed by atoms with Gasteiger partial charge in [0.25, 0.3) is 0 Å². The minimum absolute atomic E-state index is 0.328. The highest BCUT2D eigenvalue weighted by Gasteiger charge is 2.12. The molecule has 1 aromatic heterocycles. The Hall–Kier alpha value is -1.81. The van der Waals surface area contributed by atoms with Gasteiger partial charge in [0.1, 0.15) is 18.2 Å². The molecule has 1 heterocycles. The van der Waals surface area contributed by atoms with Crippen LogP contribution in [-0.4, -0.2) is 15.1 Å². The molecule has 1 unspecified atom stereocenters. The molecule has 0 amide bonds. The van der Waals surface area contributed by atoms with Crippen molar-refractivity contribution in [1.29, 1.82) is 0 Å². The third-order valence-corrected chi connectivity index (χ3v) is 2.40. The van der Waals surface area contributed by atoms with Crippen LogP contribution in [0.15, 0.2) is 36.8 Å². The van der Waals surface area contributed by atoms with Crippen LogP contribution in [0.25, 0.3) is 0 Å². The average molecular weight is 218 g/mol. The molecule has 2 rings (SSSR count). The van der Waals surface area contributed by atoms with E-state index in [0.29, 0.717) is 16.8 Å². The fraction of sp³-hybridized carbons (Fsp3) is 0.167. The van der Waals surface area contributed by atoms with Crippen molar-refractivity contribution < 1.29 is 9.50 Å². The Labute approximate surface area is 92.6 Å². The first-order valence-electron chi connectivity index (χ1n) is 4.88. The topological polar surface area (TPSA) is 46.0 Å². The molecule has 0 aliphatic heterocycles. The van der Waals surface area contributed by atoms with Gasteiger partial charge in [0.05, 0.1) is 5.69 Å². The number of benzene rings is 1. The van der Waals surface area contributed by atoms with E-state index in [-0.39, 0.29) is 5.82 Å². The van der Waals surface area contributed by atoms with Gasteiger partial charge in [-0.15, -0.1) is 0 Å². The Bertz CT molecular complexity index is 488. The highest BCUT2D eigenvalue weighted by atomic mass is 19.1. The van der Waals surface area contributed by atoms with E-state index in [0.717, 1.165) is 0 Å². The fourth-order valence-corrected chi connectivity index (χ4v) is 1.41. The standard InChI is InChI=1S/C12H11FN2O/c1-8-2-3-9(6-10(8)13)12(16)11-4-5-14-7-15-11/h2-7,12,16H,1H3. The molecule has 0 radical (unpaired) electrons. The van der Waals surface area contributed by atoms with Crippen molar-refractivity contribution in [2.75, 3.05) is 0 Å². The van der Waals surface area contributed by atoms with Gasteiger partial charge in [-0.3, -0.25) is 0 Å². The second-order valence-electron chi connectivity index (χ2n) is 3.55. The van der Waals surface area contributed by atoms with E-state index in [1.165, 1.54) is 18.6 Å². The Morgan fingerprint density at radius 1 is 1.31 bits per heavy atom. The van der Waals surface area contributed by atoms with Crippen molar-refractivity contribution in [3.63, 3.8) is 0 Å². The number of aromatic nitrogens is 2. The molecule has 0 saturated carbocycles. The Morgan fingerprint density at radius 3 is 2.75 bits per heavy atom. The SMILES string of the molecule is Cc1ccc(C(O)c2ccncn2)cc1F. The van der Waals surface area contributed by atoms with Crippen molar-refractivity contribution in [2.45, 2.75) is 13.0 Å². The number of nitrogens with zero attached hydrogens (tertiary/aromatic N) is 2. The summed E-state index contributed by atoms with van der Waals surface area (Å²) in [6, 6.07) is 6.24. The van der Waals surface area contributed by atoms with E-state index in [1.54, 1.807) is 25.1 Å². The van der Waals surface area contributed by atoms with Crippen molar-refractivity contribution in [2.24, 2.45) is 0 Å². The lowest BCUT2D eigenvalue weighted by Gasteiger charge is -2.10. The first-order chi connectivity index (χ1) is 7.68. The summed E-state index contributed by atoms with van der Waals surface area (Å²) in [5.41, 5.74) is 1.50. The van der Waals surface area contributed by atoms with E-state index in [9.17, 15) is 9.50 Å². The summed E-state index contributed by atoms with van der Waals surface area (Å²) >= 11 is 0. The molecule has 2 aromatic rings. The highest BCUT2D eigenvalue weighted by molar-refractivity contribution is 5.29. The van der Waals surface area contributed by atoms with Gasteiger partial charge in [-0.05, 0) is 30.2 Å². The third-order valence-electron chi connectivity index (χ3n) is 2.40. The Kier molecular flexibility index (Phi) is 2.92. The van der Waals surface area contributed by atoms with Gasteiger partial charge in [0, 0.05) is 6.20 Å². The molecule has 0 spiro atoms. The molecule has 0 fully saturated rings. The van der Waals surface area contributed by atoms with E-state index in [4.69, 9.17) is 0 Å². The van der Waals surface area contributed by atoms with E-state index in [1.807, 2.05) is 0 Å². The molecule has 1 aromatic carbocycles. The van der Waals surface area contributed by atoms with Gasteiger partial charge in [-0.25, -0.2) is 14.4 Å². The van der Waals surface area contributed by atoms with Crippen LogP contribution < -0.4 is 0 Å². The number of hydrogen-bond donors (Lipinski definition) is 1. The summed E-state index contributed by atoms with van der Waals surface area (Å²) in [4.78, 5) is 7.68. The Balaban J connectivity index is 2.34. The number of hydrogen-bond acceptors (Lipinski definition) is 3. The number of aliphatic hydroxyl groups is 1. The van der Waals surface area contributed by atoms with Gasteiger partial charge in [0.2, 0.25) is 0 Å². The first-order valence-corrected chi connectivity index (χ1v) is 4.88. The molecular weight excluding hydrogens is 207 g/mol. The minimum Gasteiger partial charge on any atom is -0.382 e. The van der Waals surface area contributed by atoms with Gasteiger partial charge in [-0.1, -0.05) is 12.1 Å². The molecule has 4 heteroatoms. The van der Waals surface area contributed by atoms with Gasteiger partial charge < -0.3 is 5.11 Å². The van der Waals surface area contributed by atoms with Crippen LogP contribution in [0.3, 0.4) is 0 Å². The number of halogens is 1. The van der Waals surface area contributed by atoms with Crippen LogP contribution in [0.5, 0.6) is 0 Å². The second-order valence-corrected chi connectivity index (χ2v) is 3.55. The lowest BCUT2D eigenvalue weighted by molar-refractivity contribution is 0.214. The van der Waals surface area contributed by atoms with Crippen molar-refractivity contribution in [1.82, 2.24) is 9.97 Å². The summed E-state index contributed by atoms with van der Waals surface area (Å²) < 4.78 is 13.3.